The first-order valence-corrected chi connectivity index (χ1v) is 17.2. The number of pyridine rings is 1. The molecular weight excluding hydrogens is 639 g/mol. The number of benzene rings is 6. The summed E-state index contributed by atoms with van der Waals surface area (Å²) in [4.78, 5) is 19.7. The van der Waals surface area contributed by atoms with E-state index in [1.807, 2.05) is 102 Å². The van der Waals surface area contributed by atoms with Crippen LogP contribution in [0.25, 0.3) is 95.3 Å². The number of hydrogen-bond donors (Lipinski definition) is 0. The van der Waals surface area contributed by atoms with E-state index in [1.54, 1.807) is 0 Å². The Kier molecular flexibility index (Phi) is 7.03. The van der Waals surface area contributed by atoms with Gasteiger partial charge in [-0.15, -0.1) is 0 Å². The normalized spacial score (nSPS) is 11.5. The minimum Gasteiger partial charge on any atom is -0.456 e. The minimum absolute atomic E-state index is 0.616. The Morgan fingerprint density at radius 2 is 0.923 bits per heavy atom. The van der Waals surface area contributed by atoms with Crippen LogP contribution < -0.4 is 0 Å². The van der Waals surface area contributed by atoms with Crippen LogP contribution in [0.15, 0.2) is 181 Å². The van der Waals surface area contributed by atoms with E-state index in [4.69, 9.17) is 24.4 Å². The number of fused-ring (bicyclic) bond motifs is 4. The molecule has 10 aromatic rings. The van der Waals surface area contributed by atoms with Gasteiger partial charge in [0, 0.05) is 45.4 Å². The van der Waals surface area contributed by atoms with Gasteiger partial charge in [0.2, 0.25) is 0 Å². The van der Waals surface area contributed by atoms with Crippen LogP contribution in [0.5, 0.6) is 0 Å². The lowest BCUT2D eigenvalue weighted by atomic mass is 9.92. The topological polar surface area (TPSA) is 69.1 Å². The van der Waals surface area contributed by atoms with E-state index in [2.05, 4.69) is 78.9 Å². The highest BCUT2D eigenvalue weighted by Gasteiger charge is 2.17. The lowest BCUT2D eigenvalue weighted by Gasteiger charge is -2.14. The summed E-state index contributed by atoms with van der Waals surface area (Å²) < 4.78 is 8.57. The van der Waals surface area contributed by atoms with Crippen LogP contribution in [0.4, 0.5) is 0 Å². The third kappa shape index (κ3) is 5.30. The average molecular weight is 668 g/mol. The average Bonchev–Trinajstić information content (AvgIpc) is 3.83. The van der Waals surface area contributed by atoms with E-state index in [-0.39, 0.29) is 0 Å². The summed E-state index contributed by atoms with van der Waals surface area (Å²) in [6.07, 6.45) is 4.06. The monoisotopic (exact) mass is 667 g/mol. The largest absolute Gasteiger partial charge is 0.456 e. The molecule has 0 saturated carbocycles. The molecule has 244 valence electrons. The van der Waals surface area contributed by atoms with Crippen molar-refractivity contribution in [2.75, 3.05) is 0 Å². The summed E-state index contributed by atoms with van der Waals surface area (Å²) in [5.74, 6) is 1.88. The molecule has 10 rings (SSSR count). The molecule has 0 saturated heterocycles. The maximum atomic E-state index is 6.54. The fraction of sp³-hybridized carbons (Fsp3) is 0. The van der Waals surface area contributed by atoms with Crippen LogP contribution >= 0.6 is 0 Å². The van der Waals surface area contributed by atoms with Gasteiger partial charge in [-0.05, 0) is 64.7 Å². The van der Waals surface area contributed by atoms with Gasteiger partial charge in [-0.3, -0.25) is 0 Å². The third-order valence-electron chi connectivity index (χ3n) is 9.51. The molecule has 52 heavy (non-hydrogen) atoms. The predicted octanol–water partition coefficient (Wildman–Crippen LogP) is 11.4. The lowest BCUT2D eigenvalue weighted by molar-refractivity contribution is 0.669. The van der Waals surface area contributed by atoms with E-state index in [9.17, 15) is 0 Å². The molecule has 0 aliphatic heterocycles. The molecule has 0 aliphatic carbocycles. The number of nitrogens with zero attached hydrogens (tertiary/aromatic N) is 5. The fourth-order valence-corrected chi connectivity index (χ4v) is 6.91. The standard InChI is InChI=1S/C46H29N5O/c1-4-12-30(13-5-1)39-26-35(46-49-44(31-14-6-2-7-15-31)48-45(50-46)32-16-8-3-9-17-32)21-22-36(39)33-19-23-37-38-24-20-34(28-42(38)52-41(37)27-33)40-29-51-25-11-10-18-43(51)47-40/h1-29H. The molecule has 4 heterocycles. The third-order valence-corrected chi connectivity index (χ3v) is 9.51. The Morgan fingerprint density at radius 3 is 1.56 bits per heavy atom. The molecule has 6 aromatic carbocycles. The number of hydrogen-bond acceptors (Lipinski definition) is 5. The Morgan fingerprint density at radius 1 is 0.385 bits per heavy atom. The van der Waals surface area contributed by atoms with Gasteiger partial charge in [0.1, 0.15) is 16.8 Å². The van der Waals surface area contributed by atoms with Crippen molar-refractivity contribution in [2.45, 2.75) is 0 Å². The molecule has 6 heteroatoms. The Bertz CT molecular complexity index is 2810. The zero-order valence-corrected chi connectivity index (χ0v) is 27.9. The van der Waals surface area contributed by atoms with E-state index in [0.717, 1.165) is 77.8 Å². The number of furan rings is 1. The lowest BCUT2D eigenvalue weighted by Crippen LogP contribution is -2.00. The summed E-state index contributed by atoms with van der Waals surface area (Å²) >= 11 is 0. The van der Waals surface area contributed by atoms with Crippen LogP contribution in [-0.4, -0.2) is 24.3 Å². The SMILES string of the molecule is c1ccc(-c2nc(-c3ccccc3)nc(-c3ccc(-c4ccc5c(c4)oc4cc(-c6cn7ccccc7n6)ccc45)c(-c4ccccc4)c3)n2)cc1. The van der Waals surface area contributed by atoms with Crippen molar-refractivity contribution < 1.29 is 4.42 Å². The van der Waals surface area contributed by atoms with Crippen LogP contribution in [0.2, 0.25) is 0 Å². The van der Waals surface area contributed by atoms with Gasteiger partial charge < -0.3 is 8.82 Å². The highest BCUT2D eigenvalue weighted by Crippen LogP contribution is 2.39. The highest BCUT2D eigenvalue weighted by atomic mass is 16.3. The molecule has 0 spiro atoms. The van der Waals surface area contributed by atoms with Crippen molar-refractivity contribution in [1.29, 1.82) is 0 Å². The van der Waals surface area contributed by atoms with Gasteiger partial charge in [-0.1, -0.05) is 121 Å². The molecule has 0 aliphatic rings. The molecule has 0 fully saturated rings. The number of rotatable bonds is 6. The first-order valence-electron chi connectivity index (χ1n) is 17.2. The minimum atomic E-state index is 0.616. The van der Waals surface area contributed by atoms with Gasteiger partial charge >= 0.3 is 0 Å². The summed E-state index contributed by atoms with van der Waals surface area (Å²) in [6.45, 7) is 0. The summed E-state index contributed by atoms with van der Waals surface area (Å²) in [7, 11) is 0. The molecule has 0 bridgehead atoms. The second kappa shape index (κ2) is 12.3. The van der Waals surface area contributed by atoms with E-state index < -0.39 is 0 Å². The van der Waals surface area contributed by atoms with Gasteiger partial charge in [-0.25, -0.2) is 19.9 Å². The van der Waals surface area contributed by atoms with Gasteiger partial charge in [0.25, 0.3) is 0 Å². The maximum absolute atomic E-state index is 6.54. The second-order valence-corrected chi connectivity index (χ2v) is 12.8. The van der Waals surface area contributed by atoms with Crippen LogP contribution in [0.3, 0.4) is 0 Å². The van der Waals surface area contributed by atoms with E-state index in [1.165, 1.54) is 0 Å². The second-order valence-electron chi connectivity index (χ2n) is 12.8. The first kappa shape index (κ1) is 29.7. The Hall–Kier alpha value is -7.18. The van der Waals surface area contributed by atoms with Crippen molar-refractivity contribution in [1.82, 2.24) is 24.3 Å². The quantitative estimate of drug-likeness (QED) is 0.176. The molecule has 0 unspecified atom stereocenters. The molecule has 0 N–H and O–H groups in total. The molecule has 6 nitrogen and oxygen atoms in total. The number of aromatic nitrogens is 5. The van der Waals surface area contributed by atoms with Gasteiger partial charge in [0.15, 0.2) is 17.5 Å². The maximum Gasteiger partial charge on any atom is 0.164 e. The molecular formula is C46H29N5O. The zero-order chi connectivity index (χ0) is 34.4. The molecule has 0 atom stereocenters. The van der Waals surface area contributed by atoms with Crippen molar-refractivity contribution in [2.24, 2.45) is 0 Å². The van der Waals surface area contributed by atoms with Crippen molar-refractivity contribution >= 4 is 27.6 Å². The molecule has 4 aromatic heterocycles. The smallest absolute Gasteiger partial charge is 0.164 e. The Balaban J connectivity index is 1.09. The summed E-state index contributed by atoms with van der Waals surface area (Å²) in [5.41, 5.74) is 11.6. The predicted molar refractivity (Wildman–Crippen MR) is 208 cm³/mol. The Labute approximate surface area is 299 Å². The van der Waals surface area contributed by atoms with Gasteiger partial charge in [-0.2, -0.15) is 0 Å². The molecule has 0 radical (unpaired) electrons. The van der Waals surface area contributed by atoms with Crippen molar-refractivity contribution in [3.63, 3.8) is 0 Å². The van der Waals surface area contributed by atoms with Crippen molar-refractivity contribution in [3.8, 4) is 67.7 Å². The first-order chi connectivity index (χ1) is 25.7. The number of imidazole rings is 1. The van der Waals surface area contributed by atoms with Crippen LogP contribution in [0.1, 0.15) is 0 Å². The van der Waals surface area contributed by atoms with Crippen LogP contribution in [-0.2, 0) is 0 Å². The summed E-state index contributed by atoms with van der Waals surface area (Å²) in [6, 6.07) is 55.9. The van der Waals surface area contributed by atoms with E-state index in [0.29, 0.717) is 17.5 Å². The van der Waals surface area contributed by atoms with Crippen LogP contribution in [0, 0.1) is 0 Å². The zero-order valence-electron chi connectivity index (χ0n) is 27.9. The van der Waals surface area contributed by atoms with E-state index >= 15 is 0 Å². The fourth-order valence-electron chi connectivity index (χ4n) is 6.91. The van der Waals surface area contributed by atoms with Gasteiger partial charge in [0.05, 0.1) is 5.69 Å². The molecule has 0 amide bonds. The van der Waals surface area contributed by atoms with Crippen molar-refractivity contribution in [3.05, 3.63) is 176 Å². The summed E-state index contributed by atoms with van der Waals surface area (Å²) in [5, 5.41) is 2.15. The highest BCUT2D eigenvalue weighted by molar-refractivity contribution is 6.07.